The summed E-state index contributed by atoms with van der Waals surface area (Å²) in [5.41, 5.74) is 1.91. The van der Waals surface area contributed by atoms with Crippen molar-refractivity contribution < 1.29 is 9.21 Å². The van der Waals surface area contributed by atoms with Gasteiger partial charge in [0.25, 0.3) is 0 Å². The lowest BCUT2D eigenvalue weighted by molar-refractivity contribution is -0.125. The van der Waals surface area contributed by atoms with Crippen LogP contribution in [0.4, 0.5) is 0 Å². The van der Waals surface area contributed by atoms with E-state index in [1.807, 2.05) is 48.5 Å². The van der Waals surface area contributed by atoms with Gasteiger partial charge in [-0.1, -0.05) is 77.4 Å². The summed E-state index contributed by atoms with van der Waals surface area (Å²) in [5, 5.41) is 9.57. The van der Waals surface area contributed by atoms with Crippen LogP contribution in [0.15, 0.2) is 87.9 Å². The Hall–Kier alpha value is -2.80. The molecule has 32 heavy (non-hydrogen) atoms. The Morgan fingerprint density at radius 1 is 1.09 bits per heavy atom. The first-order valence-electron chi connectivity index (χ1n) is 9.84. The average molecular weight is 484 g/mol. The lowest BCUT2D eigenvalue weighted by Gasteiger charge is -2.13. The van der Waals surface area contributed by atoms with Gasteiger partial charge in [-0.3, -0.25) is 9.69 Å². The number of hydrogen-bond donors (Lipinski definition) is 0. The minimum absolute atomic E-state index is 0.0423. The molecule has 162 valence electrons. The zero-order valence-corrected chi connectivity index (χ0v) is 19.3. The van der Waals surface area contributed by atoms with Gasteiger partial charge in [-0.05, 0) is 36.2 Å². The first kappa shape index (κ1) is 22.4. The zero-order chi connectivity index (χ0) is 22.5. The SMILES string of the molecule is C=CCN1C(=O)[C@H](Cc2ccc(Cl)c(Cl)c2)S/C1=N\N=C/c1ccc(-c2ccccc2)o1. The maximum absolute atomic E-state index is 12.9. The summed E-state index contributed by atoms with van der Waals surface area (Å²) in [6.07, 6.45) is 3.70. The number of benzene rings is 2. The van der Waals surface area contributed by atoms with Crippen molar-refractivity contribution in [3.63, 3.8) is 0 Å². The van der Waals surface area contributed by atoms with E-state index in [9.17, 15) is 4.79 Å². The predicted molar refractivity (Wildman–Crippen MR) is 133 cm³/mol. The number of halogens is 2. The van der Waals surface area contributed by atoms with Crippen molar-refractivity contribution in [2.24, 2.45) is 10.2 Å². The molecule has 1 aromatic heterocycles. The molecule has 1 aliphatic rings. The molecule has 3 aromatic rings. The number of hydrogen-bond acceptors (Lipinski definition) is 5. The molecule has 2 heterocycles. The Balaban J connectivity index is 1.48. The van der Waals surface area contributed by atoms with Gasteiger partial charge >= 0.3 is 0 Å². The standard InChI is InChI=1S/C24H19Cl2N3O2S/c1-2-12-29-23(30)22(14-16-8-10-19(25)20(26)13-16)32-24(29)28-27-15-18-9-11-21(31-18)17-6-4-3-5-7-17/h2-11,13,15,22H,1,12,14H2/b27-15-,28-24-/t22-/m0/s1. The second kappa shape index (κ2) is 10.2. The molecular formula is C24H19Cl2N3O2S. The van der Waals surface area contributed by atoms with Crippen molar-refractivity contribution in [1.82, 2.24) is 4.90 Å². The second-order valence-electron chi connectivity index (χ2n) is 6.99. The van der Waals surface area contributed by atoms with Gasteiger partial charge in [0.2, 0.25) is 5.91 Å². The quantitative estimate of drug-likeness (QED) is 0.224. The molecule has 0 spiro atoms. The predicted octanol–water partition coefficient (Wildman–Crippen LogP) is 6.32. The topological polar surface area (TPSA) is 58.2 Å². The highest BCUT2D eigenvalue weighted by Crippen LogP contribution is 2.31. The molecule has 1 amide bonds. The van der Waals surface area contributed by atoms with Crippen LogP contribution in [0.5, 0.6) is 0 Å². The first-order valence-corrected chi connectivity index (χ1v) is 11.5. The van der Waals surface area contributed by atoms with Crippen molar-refractivity contribution in [3.8, 4) is 11.3 Å². The Morgan fingerprint density at radius 2 is 1.91 bits per heavy atom. The maximum Gasteiger partial charge on any atom is 0.242 e. The van der Waals surface area contributed by atoms with Crippen molar-refractivity contribution in [1.29, 1.82) is 0 Å². The van der Waals surface area contributed by atoms with Crippen LogP contribution in [0.3, 0.4) is 0 Å². The normalized spacial score (nSPS) is 17.6. The van der Waals surface area contributed by atoms with Gasteiger partial charge in [0, 0.05) is 12.1 Å². The van der Waals surface area contributed by atoms with E-state index in [-0.39, 0.29) is 11.2 Å². The average Bonchev–Trinajstić information content (AvgIpc) is 3.38. The Morgan fingerprint density at radius 3 is 2.66 bits per heavy atom. The third kappa shape index (κ3) is 5.15. The van der Waals surface area contributed by atoms with Gasteiger partial charge < -0.3 is 4.42 Å². The molecule has 1 saturated heterocycles. The summed E-state index contributed by atoms with van der Waals surface area (Å²) in [6, 6.07) is 18.9. The highest BCUT2D eigenvalue weighted by Gasteiger charge is 2.37. The monoisotopic (exact) mass is 483 g/mol. The fraction of sp³-hybridized carbons (Fsp3) is 0.125. The molecule has 2 aromatic carbocycles. The number of rotatable bonds is 7. The van der Waals surface area contributed by atoms with E-state index in [2.05, 4.69) is 16.8 Å². The van der Waals surface area contributed by atoms with Gasteiger partial charge in [-0.15, -0.1) is 11.7 Å². The highest BCUT2D eigenvalue weighted by atomic mass is 35.5. The minimum Gasteiger partial charge on any atom is -0.455 e. The van der Waals surface area contributed by atoms with Crippen LogP contribution in [0.1, 0.15) is 11.3 Å². The van der Waals surface area contributed by atoms with Gasteiger partial charge in [0.1, 0.15) is 11.5 Å². The Labute approximate surface area is 200 Å². The molecule has 0 N–H and O–H groups in total. The van der Waals surface area contributed by atoms with Crippen LogP contribution in [0.2, 0.25) is 10.0 Å². The number of nitrogens with zero attached hydrogens (tertiary/aromatic N) is 3. The van der Waals surface area contributed by atoms with E-state index in [4.69, 9.17) is 27.6 Å². The van der Waals surface area contributed by atoms with E-state index in [1.165, 1.54) is 18.0 Å². The summed E-state index contributed by atoms with van der Waals surface area (Å²) in [6.45, 7) is 4.10. The van der Waals surface area contributed by atoms with Crippen molar-refractivity contribution in [2.75, 3.05) is 6.54 Å². The number of carbonyl (C=O) groups excluding carboxylic acids is 1. The minimum atomic E-state index is -0.325. The summed E-state index contributed by atoms with van der Waals surface area (Å²) >= 11 is 13.5. The molecule has 0 aliphatic carbocycles. The number of furan rings is 1. The zero-order valence-electron chi connectivity index (χ0n) is 16.9. The number of amides is 1. The van der Waals surface area contributed by atoms with E-state index in [0.717, 1.165) is 16.9 Å². The number of thioether (sulfide) groups is 1. The largest absolute Gasteiger partial charge is 0.455 e. The van der Waals surface area contributed by atoms with Crippen LogP contribution in [0, 0.1) is 0 Å². The fourth-order valence-electron chi connectivity index (χ4n) is 3.21. The van der Waals surface area contributed by atoms with Crippen molar-refractivity contribution in [2.45, 2.75) is 11.7 Å². The van der Waals surface area contributed by atoms with Crippen molar-refractivity contribution >= 4 is 52.3 Å². The van der Waals surface area contributed by atoms with Crippen LogP contribution in [-0.4, -0.2) is 34.0 Å². The number of amidine groups is 1. The smallest absolute Gasteiger partial charge is 0.242 e. The summed E-state index contributed by atoms with van der Waals surface area (Å²) < 4.78 is 5.81. The molecule has 4 rings (SSSR count). The van der Waals surface area contributed by atoms with Gasteiger partial charge in [0.15, 0.2) is 5.17 Å². The van der Waals surface area contributed by atoms with E-state index < -0.39 is 0 Å². The Kier molecular flexibility index (Phi) is 7.15. The second-order valence-corrected chi connectivity index (χ2v) is 8.98. The highest BCUT2D eigenvalue weighted by molar-refractivity contribution is 8.15. The van der Waals surface area contributed by atoms with Gasteiger partial charge in [-0.25, -0.2) is 0 Å². The van der Waals surface area contributed by atoms with E-state index >= 15 is 0 Å². The summed E-state index contributed by atoms with van der Waals surface area (Å²) in [7, 11) is 0. The van der Waals surface area contributed by atoms with Gasteiger partial charge in [0.05, 0.1) is 21.5 Å². The van der Waals surface area contributed by atoms with Gasteiger partial charge in [-0.2, -0.15) is 5.10 Å². The molecule has 1 fully saturated rings. The molecular weight excluding hydrogens is 465 g/mol. The molecule has 0 bridgehead atoms. The van der Waals surface area contributed by atoms with Crippen LogP contribution in [-0.2, 0) is 11.2 Å². The molecule has 0 saturated carbocycles. The lowest BCUT2D eigenvalue weighted by atomic mass is 10.1. The third-order valence-electron chi connectivity index (χ3n) is 4.75. The number of carbonyl (C=O) groups is 1. The molecule has 1 aliphatic heterocycles. The molecule has 0 radical (unpaired) electrons. The third-order valence-corrected chi connectivity index (χ3v) is 6.65. The molecule has 8 heteroatoms. The molecule has 5 nitrogen and oxygen atoms in total. The summed E-state index contributed by atoms with van der Waals surface area (Å²) in [4.78, 5) is 14.5. The maximum atomic E-state index is 12.9. The van der Waals surface area contributed by atoms with E-state index in [0.29, 0.717) is 33.9 Å². The van der Waals surface area contributed by atoms with E-state index in [1.54, 1.807) is 23.1 Å². The fourth-order valence-corrected chi connectivity index (χ4v) is 4.67. The van der Waals surface area contributed by atoms with Crippen molar-refractivity contribution in [3.05, 3.63) is 94.7 Å². The molecule has 0 unspecified atom stereocenters. The Bertz CT molecular complexity index is 1190. The van der Waals surface area contributed by atoms with Crippen LogP contribution < -0.4 is 0 Å². The summed E-state index contributed by atoms with van der Waals surface area (Å²) in [5.74, 6) is 1.28. The van der Waals surface area contributed by atoms with Crippen LogP contribution in [0.25, 0.3) is 11.3 Å². The molecule has 1 atom stereocenters. The van der Waals surface area contributed by atoms with Crippen LogP contribution >= 0.6 is 35.0 Å². The first-order chi connectivity index (χ1) is 15.5. The lowest BCUT2D eigenvalue weighted by Crippen LogP contribution is -2.32.